The lowest BCUT2D eigenvalue weighted by atomic mass is 10.2. The Labute approximate surface area is 153 Å². The quantitative estimate of drug-likeness (QED) is 0.711. The summed E-state index contributed by atoms with van der Waals surface area (Å²) in [6, 6.07) is 9.07. The van der Waals surface area contributed by atoms with E-state index >= 15 is 0 Å². The van der Waals surface area contributed by atoms with Crippen molar-refractivity contribution in [2.45, 2.75) is 13.1 Å². The molecule has 1 aromatic carbocycles. The number of halogens is 3. The van der Waals surface area contributed by atoms with E-state index in [1.807, 2.05) is 0 Å². The smallest absolute Gasteiger partial charge is 0.319 e. The van der Waals surface area contributed by atoms with E-state index in [4.69, 9.17) is 0 Å². The summed E-state index contributed by atoms with van der Waals surface area (Å²) in [6.07, 6.45) is 3.85. The Morgan fingerprint density at radius 3 is 2.70 bits per heavy atom. The summed E-state index contributed by atoms with van der Waals surface area (Å²) >= 11 is 0. The highest BCUT2D eigenvalue weighted by Crippen LogP contribution is 2.22. The van der Waals surface area contributed by atoms with Gasteiger partial charge in [-0.25, -0.2) is 14.4 Å². The van der Waals surface area contributed by atoms with Gasteiger partial charge in [0.05, 0.1) is 17.8 Å². The molecule has 0 radical (unpaired) electrons. The van der Waals surface area contributed by atoms with Crippen LogP contribution in [0.5, 0.6) is 0 Å². The number of carbonyl (C=O) groups is 1. The van der Waals surface area contributed by atoms with Crippen LogP contribution < -0.4 is 5.32 Å². The van der Waals surface area contributed by atoms with Gasteiger partial charge in [-0.3, -0.25) is 9.36 Å². The van der Waals surface area contributed by atoms with E-state index in [2.05, 4.69) is 15.3 Å². The van der Waals surface area contributed by atoms with Crippen molar-refractivity contribution < 1.29 is 18.0 Å². The fourth-order valence-corrected chi connectivity index (χ4v) is 2.50. The van der Waals surface area contributed by atoms with Crippen molar-refractivity contribution in [1.82, 2.24) is 19.4 Å². The maximum absolute atomic E-state index is 13.9. The molecule has 0 aliphatic rings. The molecule has 27 heavy (non-hydrogen) atoms. The predicted molar refractivity (Wildman–Crippen MR) is 93.2 cm³/mol. The summed E-state index contributed by atoms with van der Waals surface area (Å²) in [7, 11) is 1.46. The van der Waals surface area contributed by atoms with E-state index in [1.54, 1.807) is 18.2 Å². The summed E-state index contributed by atoms with van der Waals surface area (Å²) in [6.45, 7) is -2.87. The number of hydrogen-bond donors (Lipinski definition) is 1. The van der Waals surface area contributed by atoms with Gasteiger partial charge >= 0.3 is 6.55 Å². The number of rotatable bonds is 6. The van der Waals surface area contributed by atoms with Gasteiger partial charge in [-0.2, -0.15) is 8.78 Å². The van der Waals surface area contributed by atoms with Gasteiger partial charge in [0.15, 0.2) is 0 Å². The number of benzene rings is 1. The first-order chi connectivity index (χ1) is 13.0. The standard InChI is InChI=1S/C18H16F3N5O/c1-25(11-15-22-9-10-26(15)18(20)21)17(27)12-5-4-8-23-16(12)24-14-7-3-2-6-13(14)19/h2-10,18H,11H2,1H3,(H,23,24). The molecule has 0 unspecified atom stereocenters. The number of pyridine rings is 1. The predicted octanol–water partition coefficient (Wildman–Crippen LogP) is 3.83. The molecular formula is C18H16F3N5O. The molecule has 3 rings (SSSR count). The molecular weight excluding hydrogens is 359 g/mol. The molecule has 0 saturated heterocycles. The number of nitrogens with one attached hydrogen (secondary N) is 1. The van der Waals surface area contributed by atoms with Crippen molar-refractivity contribution in [1.29, 1.82) is 0 Å². The summed E-state index contributed by atoms with van der Waals surface area (Å²) in [4.78, 5) is 22.0. The first-order valence-corrected chi connectivity index (χ1v) is 7.99. The molecule has 0 aliphatic heterocycles. The van der Waals surface area contributed by atoms with Gasteiger partial charge in [-0.05, 0) is 24.3 Å². The minimum atomic E-state index is -2.75. The molecule has 0 fully saturated rings. The van der Waals surface area contributed by atoms with Gasteiger partial charge in [-0.1, -0.05) is 12.1 Å². The molecule has 0 spiro atoms. The third-order valence-electron chi connectivity index (χ3n) is 3.85. The van der Waals surface area contributed by atoms with Crippen LogP contribution in [0.25, 0.3) is 0 Å². The van der Waals surface area contributed by atoms with E-state index < -0.39 is 18.3 Å². The van der Waals surface area contributed by atoms with Gasteiger partial charge in [0, 0.05) is 25.6 Å². The minimum absolute atomic E-state index is 0.0494. The van der Waals surface area contributed by atoms with Crippen molar-refractivity contribution in [3.8, 4) is 0 Å². The van der Waals surface area contributed by atoms with Crippen LogP contribution in [-0.2, 0) is 6.54 Å². The highest BCUT2D eigenvalue weighted by Gasteiger charge is 2.20. The molecule has 140 valence electrons. The molecule has 0 saturated carbocycles. The molecule has 1 amide bonds. The Kier molecular flexibility index (Phi) is 5.39. The highest BCUT2D eigenvalue weighted by atomic mass is 19.3. The molecule has 1 N–H and O–H groups in total. The zero-order valence-electron chi connectivity index (χ0n) is 14.3. The maximum Gasteiger partial charge on any atom is 0.319 e. The first-order valence-electron chi connectivity index (χ1n) is 7.99. The lowest BCUT2D eigenvalue weighted by molar-refractivity contribution is 0.0612. The minimum Gasteiger partial charge on any atom is -0.337 e. The van der Waals surface area contributed by atoms with Crippen molar-refractivity contribution in [2.24, 2.45) is 0 Å². The van der Waals surface area contributed by atoms with Crippen LogP contribution in [0.1, 0.15) is 22.7 Å². The van der Waals surface area contributed by atoms with E-state index in [0.717, 1.165) is 6.20 Å². The van der Waals surface area contributed by atoms with Gasteiger partial charge < -0.3 is 10.2 Å². The lowest BCUT2D eigenvalue weighted by Gasteiger charge is -2.19. The van der Waals surface area contributed by atoms with E-state index in [9.17, 15) is 18.0 Å². The SMILES string of the molecule is CN(Cc1nccn1C(F)F)C(=O)c1cccnc1Nc1ccccc1F. The third-order valence-corrected chi connectivity index (χ3v) is 3.85. The Morgan fingerprint density at radius 1 is 1.19 bits per heavy atom. The highest BCUT2D eigenvalue weighted by molar-refractivity contribution is 5.99. The van der Waals surface area contributed by atoms with Crippen LogP contribution >= 0.6 is 0 Å². The molecule has 0 aliphatic carbocycles. The zero-order chi connectivity index (χ0) is 19.4. The van der Waals surface area contributed by atoms with Crippen molar-refractivity contribution in [2.75, 3.05) is 12.4 Å². The van der Waals surface area contributed by atoms with Crippen LogP contribution in [0, 0.1) is 5.82 Å². The number of para-hydroxylation sites is 1. The zero-order valence-corrected chi connectivity index (χ0v) is 14.3. The monoisotopic (exact) mass is 375 g/mol. The second kappa shape index (κ2) is 7.90. The molecule has 3 aromatic rings. The average molecular weight is 375 g/mol. The van der Waals surface area contributed by atoms with E-state index in [-0.39, 0.29) is 29.4 Å². The number of aromatic nitrogens is 3. The van der Waals surface area contributed by atoms with E-state index in [1.165, 1.54) is 42.5 Å². The second-order valence-corrected chi connectivity index (χ2v) is 5.69. The summed E-state index contributed by atoms with van der Waals surface area (Å²) in [5.41, 5.74) is 0.347. The normalized spacial score (nSPS) is 10.9. The van der Waals surface area contributed by atoms with Gasteiger partial charge in [0.1, 0.15) is 17.5 Å². The van der Waals surface area contributed by atoms with Crippen LogP contribution in [0.3, 0.4) is 0 Å². The number of nitrogens with zero attached hydrogens (tertiary/aromatic N) is 4. The van der Waals surface area contributed by atoms with Gasteiger partial charge in [0.2, 0.25) is 0 Å². The Hall–Kier alpha value is -3.36. The molecule has 0 atom stereocenters. The second-order valence-electron chi connectivity index (χ2n) is 5.69. The van der Waals surface area contributed by atoms with E-state index in [0.29, 0.717) is 4.57 Å². The number of alkyl halides is 2. The molecule has 2 heterocycles. The average Bonchev–Trinajstić information content (AvgIpc) is 3.12. The number of amides is 1. The summed E-state index contributed by atoms with van der Waals surface area (Å²) < 4.78 is 40.4. The van der Waals surface area contributed by atoms with Crippen molar-refractivity contribution in [3.05, 3.63) is 72.2 Å². The first kappa shape index (κ1) is 18.4. The Morgan fingerprint density at radius 2 is 1.96 bits per heavy atom. The van der Waals surface area contributed by atoms with Gasteiger partial charge in [-0.15, -0.1) is 0 Å². The third kappa shape index (κ3) is 4.08. The fourth-order valence-electron chi connectivity index (χ4n) is 2.50. The Bertz CT molecular complexity index is 944. The number of hydrogen-bond acceptors (Lipinski definition) is 4. The topological polar surface area (TPSA) is 63.1 Å². The van der Waals surface area contributed by atoms with Crippen LogP contribution in [0.15, 0.2) is 55.0 Å². The van der Waals surface area contributed by atoms with Crippen molar-refractivity contribution >= 4 is 17.4 Å². The Balaban J connectivity index is 1.82. The summed E-state index contributed by atoms with van der Waals surface area (Å²) in [5.74, 6) is -0.746. The van der Waals surface area contributed by atoms with Crippen LogP contribution in [-0.4, -0.2) is 32.4 Å². The molecule has 6 nitrogen and oxygen atoms in total. The maximum atomic E-state index is 13.9. The fraction of sp³-hybridized carbons (Fsp3) is 0.167. The van der Waals surface area contributed by atoms with Crippen molar-refractivity contribution in [3.63, 3.8) is 0 Å². The number of carbonyl (C=O) groups excluding carboxylic acids is 1. The molecule has 0 bridgehead atoms. The van der Waals surface area contributed by atoms with Crippen LogP contribution in [0.2, 0.25) is 0 Å². The number of imidazole rings is 1. The number of anilines is 2. The van der Waals surface area contributed by atoms with Crippen LogP contribution in [0.4, 0.5) is 24.7 Å². The largest absolute Gasteiger partial charge is 0.337 e. The van der Waals surface area contributed by atoms with Gasteiger partial charge in [0.25, 0.3) is 5.91 Å². The molecule has 2 aromatic heterocycles. The lowest BCUT2D eigenvalue weighted by Crippen LogP contribution is -2.28. The summed E-state index contributed by atoms with van der Waals surface area (Å²) in [5, 5.41) is 2.79. The molecule has 9 heteroatoms.